The van der Waals surface area contributed by atoms with Crippen LogP contribution in [0.15, 0.2) is 22.7 Å². The lowest BCUT2D eigenvalue weighted by molar-refractivity contribution is 0.630. The minimum absolute atomic E-state index is 0.283. The van der Waals surface area contributed by atoms with Crippen LogP contribution in [0, 0.1) is 5.82 Å². The second-order valence-electron chi connectivity index (χ2n) is 3.84. The Balaban J connectivity index is 2.56. The summed E-state index contributed by atoms with van der Waals surface area (Å²) >= 11 is 3.33. The number of rotatable bonds is 3. The molecule has 0 bridgehead atoms. The van der Waals surface area contributed by atoms with Crippen LogP contribution in [0.5, 0.6) is 0 Å². The van der Waals surface area contributed by atoms with Gasteiger partial charge in [0.1, 0.15) is 11.6 Å². The lowest BCUT2D eigenvalue weighted by Gasteiger charge is -2.05. The molecule has 1 aromatic heterocycles. The smallest absolute Gasteiger partial charge is 0.149 e. The SMILES string of the molecule is CCCc1c(N)n[nH]c1-c1cc(Br)ccc1F. The molecule has 1 aromatic carbocycles. The van der Waals surface area contributed by atoms with Gasteiger partial charge >= 0.3 is 0 Å². The Bertz CT molecular complexity index is 537. The molecule has 3 nitrogen and oxygen atoms in total. The Morgan fingerprint density at radius 2 is 2.24 bits per heavy atom. The molecule has 2 aromatic rings. The summed E-state index contributed by atoms with van der Waals surface area (Å²) in [6.45, 7) is 2.05. The number of aromatic nitrogens is 2. The zero-order valence-corrected chi connectivity index (χ0v) is 11.0. The van der Waals surface area contributed by atoms with Gasteiger partial charge in [0.15, 0.2) is 0 Å². The average molecular weight is 298 g/mol. The third-order valence-electron chi connectivity index (χ3n) is 2.60. The van der Waals surface area contributed by atoms with Crippen LogP contribution >= 0.6 is 15.9 Å². The number of nitrogens with two attached hydrogens (primary N) is 1. The highest BCUT2D eigenvalue weighted by Gasteiger charge is 2.15. The van der Waals surface area contributed by atoms with Crippen LogP contribution in [0.2, 0.25) is 0 Å². The maximum absolute atomic E-state index is 13.8. The number of hydrogen-bond donors (Lipinski definition) is 2. The lowest BCUT2D eigenvalue weighted by atomic mass is 10.0. The van der Waals surface area contributed by atoms with Gasteiger partial charge in [-0.25, -0.2) is 4.39 Å². The molecule has 0 amide bonds. The number of nitrogens with zero attached hydrogens (tertiary/aromatic N) is 1. The van der Waals surface area contributed by atoms with Crippen molar-refractivity contribution in [3.8, 4) is 11.3 Å². The number of nitrogen functional groups attached to an aromatic ring is 1. The number of nitrogens with one attached hydrogen (secondary N) is 1. The van der Waals surface area contributed by atoms with E-state index in [1.54, 1.807) is 12.1 Å². The van der Waals surface area contributed by atoms with Gasteiger partial charge in [0.25, 0.3) is 0 Å². The second-order valence-corrected chi connectivity index (χ2v) is 4.75. The maximum Gasteiger partial charge on any atom is 0.149 e. The number of benzene rings is 1. The molecule has 0 unspecified atom stereocenters. The molecule has 2 rings (SSSR count). The van der Waals surface area contributed by atoms with Crippen molar-refractivity contribution >= 4 is 21.7 Å². The van der Waals surface area contributed by atoms with E-state index in [2.05, 4.69) is 26.1 Å². The zero-order chi connectivity index (χ0) is 12.4. The zero-order valence-electron chi connectivity index (χ0n) is 9.43. The number of anilines is 1. The van der Waals surface area contributed by atoms with E-state index in [1.807, 2.05) is 6.92 Å². The molecule has 0 aliphatic rings. The fraction of sp³-hybridized carbons (Fsp3) is 0.250. The first-order chi connectivity index (χ1) is 8.13. The van der Waals surface area contributed by atoms with Crippen molar-refractivity contribution < 1.29 is 4.39 Å². The van der Waals surface area contributed by atoms with Gasteiger partial charge < -0.3 is 5.73 Å². The number of H-pyrrole nitrogens is 1. The van der Waals surface area contributed by atoms with Gasteiger partial charge in [-0.2, -0.15) is 5.10 Å². The molecule has 0 spiro atoms. The van der Waals surface area contributed by atoms with Crippen LogP contribution in [0.25, 0.3) is 11.3 Å². The van der Waals surface area contributed by atoms with Crippen molar-refractivity contribution in [3.63, 3.8) is 0 Å². The van der Waals surface area contributed by atoms with E-state index in [0.29, 0.717) is 17.1 Å². The standard InChI is InChI=1S/C12H13BrFN3/c1-2-3-8-11(16-17-12(8)15)9-6-7(13)4-5-10(9)14/h4-6H,2-3H2,1H3,(H3,15,16,17). The fourth-order valence-corrected chi connectivity index (χ4v) is 2.16. The minimum atomic E-state index is -0.283. The number of hydrogen-bond acceptors (Lipinski definition) is 2. The summed E-state index contributed by atoms with van der Waals surface area (Å²) in [6.07, 6.45) is 1.72. The van der Waals surface area contributed by atoms with E-state index in [1.165, 1.54) is 6.07 Å². The monoisotopic (exact) mass is 297 g/mol. The Kier molecular flexibility index (Phi) is 3.47. The molecule has 0 aliphatic carbocycles. The predicted molar refractivity (Wildman–Crippen MR) is 70.1 cm³/mol. The van der Waals surface area contributed by atoms with Gasteiger partial charge in [0.2, 0.25) is 0 Å². The van der Waals surface area contributed by atoms with E-state index in [-0.39, 0.29) is 5.82 Å². The van der Waals surface area contributed by atoms with Crippen LogP contribution in [-0.4, -0.2) is 10.2 Å². The third kappa shape index (κ3) is 2.34. The summed E-state index contributed by atoms with van der Waals surface area (Å²) in [5.41, 5.74) is 7.82. The highest BCUT2D eigenvalue weighted by molar-refractivity contribution is 9.10. The topological polar surface area (TPSA) is 54.7 Å². The van der Waals surface area contributed by atoms with Gasteiger partial charge in [-0.3, -0.25) is 5.10 Å². The quantitative estimate of drug-likeness (QED) is 0.911. The minimum Gasteiger partial charge on any atom is -0.382 e. The summed E-state index contributed by atoms with van der Waals surface area (Å²) in [4.78, 5) is 0. The van der Waals surface area contributed by atoms with Crippen molar-refractivity contribution in [2.45, 2.75) is 19.8 Å². The van der Waals surface area contributed by atoms with E-state index in [4.69, 9.17) is 5.73 Å². The summed E-state index contributed by atoms with van der Waals surface area (Å²) in [6, 6.07) is 4.81. The van der Waals surface area contributed by atoms with Crippen molar-refractivity contribution in [2.24, 2.45) is 0 Å². The molecule has 90 valence electrons. The Labute approximate surface area is 107 Å². The number of halogens is 2. The van der Waals surface area contributed by atoms with Gasteiger partial charge in [-0.05, 0) is 24.6 Å². The largest absolute Gasteiger partial charge is 0.382 e. The molecule has 0 atom stereocenters. The van der Waals surface area contributed by atoms with Crippen LogP contribution < -0.4 is 5.73 Å². The van der Waals surface area contributed by atoms with Crippen LogP contribution in [0.1, 0.15) is 18.9 Å². The van der Waals surface area contributed by atoms with Crippen LogP contribution in [0.3, 0.4) is 0 Å². The number of aromatic amines is 1. The first-order valence-electron chi connectivity index (χ1n) is 5.41. The molecule has 0 saturated carbocycles. The summed E-state index contributed by atoms with van der Waals surface area (Å²) in [5, 5.41) is 6.76. The summed E-state index contributed by atoms with van der Waals surface area (Å²) in [7, 11) is 0. The van der Waals surface area contributed by atoms with Gasteiger partial charge in [0.05, 0.1) is 5.69 Å². The summed E-state index contributed by atoms with van der Waals surface area (Å²) < 4.78 is 14.6. The molecular formula is C12H13BrFN3. The molecule has 5 heteroatoms. The third-order valence-corrected chi connectivity index (χ3v) is 3.09. The molecule has 0 radical (unpaired) electrons. The fourth-order valence-electron chi connectivity index (χ4n) is 1.79. The Morgan fingerprint density at radius 1 is 1.47 bits per heavy atom. The molecule has 3 N–H and O–H groups in total. The van der Waals surface area contributed by atoms with E-state index in [9.17, 15) is 4.39 Å². The summed E-state index contributed by atoms with van der Waals surface area (Å²) in [5.74, 6) is 0.162. The van der Waals surface area contributed by atoms with Gasteiger partial charge in [0, 0.05) is 15.6 Å². The molecule has 1 heterocycles. The highest BCUT2D eigenvalue weighted by Crippen LogP contribution is 2.30. The predicted octanol–water partition coefficient (Wildman–Crippen LogP) is 3.51. The van der Waals surface area contributed by atoms with Crippen LogP contribution in [-0.2, 0) is 6.42 Å². The molecule has 0 saturated heterocycles. The average Bonchev–Trinajstić information content (AvgIpc) is 2.65. The normalized spacial score (nSPS) is 10.8. The first kappa shape index (κ1) is 12.1. The molecule has 0 aliphatic heterocycles. The molecule has 0 fully saturated rings. The molecular weight excluding hydrogens is 285 g/mol. The Morgan fingerprint density at radius 3 is 2.94 bits per heavy atom. The first-order valence-corrected chi connectivity index (χ1v) is 6.21. The van der Waals surface area contributed by atoms with Crippen molar-refractivity contribution in [1.82, 2.24) is 10.2 Å². The highest BCUT2D eigenvalue weighted by atomic mass is 79.9. The van der Waals surface area contributed by atoms with Gasteiger partial charge in [-0.1, -0.05) is 29.3 Å². The van der Waals surface area contributed by atoms with Crippen molar-refractivity contribution in [3.05, 3.63) is 34.1 Å². The van der Waals surface area contributed by atoms with E-state index >= 15 is 0 Å². The second kappa shape index (κ2) is 4.87. The van der Waals surface area contributed by atoms with Crippen molar-refractivity contribution in [2.75, 3.05) is 5.73 Å². The van der Waals surface area contributed by atoms with E-state index in [0.717, 1.165) is 22.9 Å². The molecule has 17 heavy (non-hydrogen) atoms. The lowest BCUT2D eigenvalue weighted by Crippen LogP contribution is -1.94. The van der Waals surface area contributed by atoms with Crippen LogP contribution in [0.4, 0.5) is 10.2 Å². The van der Waals surface area contributed by atoms with Crippen molar-refractivity contribution in [1.29, 1.82) is 0 Å². The maximum atomic E-state index is 13.8. The Hall–Kier alpha value is -1.36. The van der Waals surface area contributed by atoms with E-state index < -0.39 is 0 Å². The van der Waals surface area contributed by atoms with Gasteiger partial charge in [-0.15, -0.1) is 0 Å².